The number of hydrogen-bond acceptors (Lipinski definition) is 5. The molecule has 3 atom stereocenters. The molecule has 0 heterocycles. The Kier molecular flexibility index (Phi) is 8.74. The van der Waals surface area contributed by atoms with Crippen molar-refractivity contribution in [2.45, 2.75) is 44.9 Å². The normalized spacial score (nSPS) is 14.3. The first-order valence-electron chi connectivity index (χ1n) is 8.50. The van der Waals surface area contributed by atoms with Crippen LogP contribution in [0.25, 0.3) is 0 Å². The monoisotopic (exact) mass is 365 g/mol. The minimum atomic E-state index is -1.44. The molecule has 0 saturated heterocycles. The smallest absolute Gasteiger partial charge is 0.326 e. The molecule has 0 aromatic heterocycles. The van der Waals surface area contributed by atoms with Crippen molar-refractivity contribution in [2.75, 3.05) is 6.54 Å². The summed E-state index contributed by atoms with van der Waals surface area (Å²) in [5, 5.41) is 23.7. The summed E-state index contributed by atoms with van der Waals surface area (Å²) in [6.45, 7) is 3.42. The molecular weight excluding hydrogens is 338 g/mol. The molecule has 6 N–H and O–H groups in total. The van der Waals surface area contributed by atoms with Gasteiger partial charge in [-0.3, -0.25) is 9.59 Å². The Balaban J connectivity index is 2.92. The van der Waals surface area contributed by atoms with E-state index in [1.807, 2.05) is 19.9 Å². The molecule has 0 aliphatic carbocycles. The van der Waals surface area contributed by atoms with E-state index in [9.17, 15) is 24.6 Å². The first kappa shape index (κ1) is 21.6. The second-order valence-electron chi connectivity index (χ2n) is 6.53. The number of nitrogens with two attached hydrogens (primary N) is 1. The van der Waals surface area contributed by atoms with E-state index in [2.05, 4.69) is 10.6 Å². The lowest BCUT2D eigenvalue weighted by atomic mass is 10.0. The lowest BCUT2D eigenvalue weighted by molar-refractivity contribution is -0.142. The van der Waals surface area contributed by atoms with Crippen molar-refractivity contribution in [2.24, 2.45) is 11.7 Å². The third-order valence-corrected chi connectivity index (χ3v) is 3.76. The Labute approximate surface area is 152 Å². The zero-order valence-electron chi connectivity index (χ0n) is 15.0. The maximum absolute atomic E-state index is 12.6. The number of amides is 2. The van der Waals surface area contributed by atoms with E-state index < -0.39 is 36.0 Å². The Bertz CT molecular complexity index is 606. The number of benzene rings is 1. The van der Waals surface area contributed by atoms with Crippen LogP contribution in [0.5, 0.6) is 0 Å². The van der Waals surface area contributed by atoms with E-state index in [4.69, 9.17) is 5.73 Å². The highest BCUT2D eigenvalue weighted by atomic mass is 16.4. The lowest BCUT2D eigenvalue weighted by Crippen LogP contribution is -2.55. The van der Waals surface area contributed by atoms with Crippen LogP contribution in [0, 0.1) is 5.92 Å². The van der Waals surface area contributed by atoms with Gasteiger partial charge in [0, 0.05) is 13.0 Å². The number of carboxylic acids is 1. The van der Waals surface area contributed by atoms with E-state index in [1.165, 1.54) is 0 Å². The SMILES string of the molecule is CC(C)C[C@@H](NC(=O)[C@H](Cc1ccccc1)NC(=O)[C@@H](O)CN)C(=O)O. The fourth-order valence-electron chi connectivity index (χ4n) is 2.40. The molecule has 0 bridgehead atoms. The van der Waals surface area contributed by atoms with Crippen LogP contribution in [-0.4, -0.2) is 52.7 Å². The summed E-state index contributed by atoms with van der Waals surface area (Å²) in [4.78, 5) is 35.9. The fraction of sp³-hybridized carbons (Fsp3) is 0.500. The van der Waals surface area contributed by atoms with Gasteiger partial charge in [0.25, 0.3) is 5.91 Å². The minimum Gasteiger partial charge on any atom is -0.480 e. The van der Waals surface area contributed by atoms with Gasteiger partial charge in [-0.15, -0.1) is 0 Å². The zero-order chi connectivity index (χ0) is 19.7. The van der Waals surface area contributed by atoms with Gasteiger partial charge in [0.05, 0.1) is 0 Å². The van der Waals surface area contributed by atoms with Gasteiger partial charge in [0.2, 0.25) is 5.91 Å². The van der Waals surface area contributed by atoms with Crippen molar-refractivity contribution in [3.63, 3.8) is 0 Å². The number of carboxylic acid groups (broad SMARTS) is 1. The molecule has 0 saturated carbocycles. The molecule has 144 valence electrons. The number of rotatable bonds is 10. The molecule has 1 aromatic rings. The third-order valence-electron chi connectivity index (χ3n) is 3.76. The van der Waals surface area contributed by atoms with Gasteiger partial charge in [-0.05, 0) is 17.9 Å². The molecule has 26 heavy (non-hydrogen) atoms. The Morgan fingerprint density at radius 1 is 1.04 bits per heavy atom. The quantitative estimate of drug-likeness (QED) is 0.384. The van der Waals surface area contributed by atoms with E-state index in [-0.39, 0.29) is 25.3 Å². The van der Waals surface area contributed by atoms with Crippen LogP contribution in [-0.2, 0) is 20.8 Å². The van der Waals surface area contributed by atoms with E-state index in [0.717, 1.165) is 5.56 Å². The average Bonchev–Trinajstić information content (AvgIpc) is 2.60. The molecule has 2 amide bonds. The number of aliphatic hydroxyl groups excluding tert-OH is 1. The van der Waals surface area contributed by atoms with Crippen LogP contribution >= 0.6 is 0 Å². The molecule has 8 nitrogen and oxygen atoms in total. The zero-order valence-corrected chi connectivity index (χ0v) is 15.0. The highest BCUT2D eigenvalue weighted by Crippen LogP contribution is 2.08. The fourth-order valence-corrected chi connectivity index (χ4v) is 2.40. The molecule has 0 aliphatic heterocycles. The summed E-state index contributed by atoms with van der Waals surface area (Å²) in [7, 11) is 0. The largest absolute Gasteiger partial charge is 0.480 e. The van der Waals surface area contributed by atoms with Gasteiger partial charge in [0.15, 0.2) is 0 Å². The third kappa shape index (κ3) is 7.20. The summed E-state index contributed by atoms with van der Waals surface area (Å²) in [5.41, 5.74) is 6.05. The van der Waals surface area contributed by atoms with Crippen LogP contribution in [0.15, 0.2) is 30.3 Å². The van der Waals surface area contributed by atoms with Crippen molar-refractivity contribution in [1.29, 1.82) is 0 Å². The second-order valence-corrected chi connectivity index (χ2v) is 6.53. The van der Waals surface area contributed by atoms with Crippen molar-refractivity contribution >= 4 is 17.8 Å². The van der Waals surface area contributed by atoms with Crippen LogP contribution < -0.4 is 16.4 Å². The molecule has 0 fully saturated rings. The molecule has 0 unspecified atom stereocenters. The van der Waals surface area contributed by atoms with Crippen molar-refractivity contribution in [1.82, 2.24) is 10.6 Å². The van der Waals surface area contributed by atoms with E-state index in [1.54, 1.807) is 24.3 Å². The van der Waals surface area contributed by atoms with E-state index in [0.29, 0.717) is 0 Å². The van der Waals surface area contributed by atoms with Crippen molar-refractivity contribution in [3.05, 3.63) is 35.9 Å². The molecular formula is C18H27N3O5. The molecule has 0 aliphatic rings. The first-order chi connectivity index (χ1) is 12.2. The molecule has 1 rings (SSSR count). The number of aliphatic hydroxyl groups is 1. The predicted molar refractivity (Wildman–Crippen MR) is 96.2 cm³/mol. The maximum Gasteiger partial charge on any atom is 0.326 e. The average molecular weight is 365 g/mol. The maximum atomic E-state index is 12.6. The lowest BCUT2D eigenvalue weighted by Gasteiger charge is -2.23. The topological polar surface area (TPSA) is 142 Å². The number of carbonyl (C=O) groups is 3. The van der Waals surface area contributed by atoms with E-state index >= 15 is 0 Å². The van der Waals surface area contributed by atoms with Crippen LogP contribution in [0.1, 0.15) is 25.8 Å². The molecule has 0 spiro atoms. The van der Waals surface area contributed by atoms with Gasteiger partial charge in [0.1, 0.15) is 18.2 Å². The number of nitrogens with one attached hydrogen (secondary N) is 2. The Morgan fingerprint density at radius 3 is 2.12 bits per heavy atom. The minimum absolute atomic E-state index is 0.0672. The van der Waals surface area contributed by atoms with Crippen LogP contribution in [0.4, 0.5) is 0 Å². The van der Waals surface area contributed by atoms with Gasteiger partial charge < -0.3 is 26.6 Å². The summed E-state index contributed by atoms with van der Waals surface area (Å²) >= 11 is 0. The number of aliphatic carboxylic acids is 1. The Hall–Kier alpha value is -2.45. The highest BCUT2D eigenvalue weighted by molar-refractivity contribution is 5.91. The van der Waals surface area contributed by atoms with Gasteiger partial charge in [-0.25, -0.2) is 4.79 Å². The number of carbonyl (C=O) groups excluding carboxylic acids is 2. The molecule has 8 heteroatoms. The summed E-state index contributed by atoms with van der Waals surface area (Å²) in [5.74, 6) is -2.48. The van der Waals surface area contributed by atoms with Crippen LogP contribution in [0.3, 0.4) is 0 Å². The summed E-state index contributed by atoms with van der Waals surface area (Å²) in [6.07, 6.45) is -1.02. The number of hydrogen-bond donors (Lipinski definition) is 5. The van der Waals surface area contributed by atoms with Gasteiger partial charge in [-0.2, -0.15) is 0 Å². The standard InChI is InChI=1S/C18H27N3O5/c1-11(2)8-14(18(25)26)21-16(23)13(20-17(24)15(22)10-19)9-12-6-4-3-5-7-12/h3-7,11,13-15,22H,8-10,19H2,1-2H3,(H,20,24)(H,21,23)(H,25,26)/t13-,14+,15-/m0/s1. The molecule has 1 aromatic carbocycles. The van der Waals surface area contributed by atoms with Gasteiger partial charge in [-0.1, -0.05) is 44.2 Å². The molecule has 0 radical (unpaired) electrons. The first-order valence-corrected chi connectivity index (χ1v) is 8.50. The van der Waals surface area contributed by atoms with Crippen molar-refractivity contribution < 1.29 is 24.6 Å². The predicted octanol–water partition coefficient (Wildman–Crippen LogP) is -0.351. The Morgan fingerprint density at radius 2 is 1.62 bits per heavy atom. The summed E-state index contributed by atoms with van der Waals surface area (Å²) < 4.78 is 0. The van der Waals surface area contributed by atoms with Crippen LogP contribution in [0.2, 0.25) is 0 Å². The summed E-state index contributed by atoms with van der Waals surface area (Å²) in [6, 6.07) is 6.89. The highest BCUT2D eigenvalue weighted by Gasteiger charge is 2.28. The van der Waals surface area contributed by atoms with Crippen molar-refractivity contribution in [3.8, 4) is 0 Å². The second kappa shape index (κ2) is 10.5. The van der Waals surface area contributed by atoms with Gasteiger partial charge >= 0.3 is 5.97 Å².